The fourth-order valence-corrected chi connectivity index (χ4v) is 10.5. The summed E-state index contributed by atoms with van der Waals surface area (Å²) in [6, 6.07) is 46.9. The molecule has 0 amide bonds. The summed E-state index contributed by atoms with van der Waals surface area (Å²) < 4.78 is 5.02. The molecule has 6 aromatic carbocycles. The van der Waals surface area contributed by atoms with Crippen LogP contribution in [0.5, 0.6) is 0 Å². The Morgan fingerprint density at radius 2 is 1.21 bits per heavy atom. The van der Waals surface area contributed by atoms with Gasteiger partial charge in [-0.3, -0.25) is 5.32 Å². The minimum Gasteiger partial charge on any atom is -0.398 e. The number of nitrogens with zero attached hydrogens (tertiary/aromatic N) is 2. The largest absolute Gasteiger partial charge is 0.398 e. The summed E-state index contributed by atoms with van der Waals surface area (Å²) in [4.78, 5) is 0. The Kier molecular flexibility index (Phi) is 8.24. The molecule has 0 bridgehead atoms. The van der Waals surface area contributed by atoms with Crippen LogP contribution in [-0.4, -0.2) is 9.13 Å². The van der Waals surface area contributed by atoms with Crippen molar-refractivity contribution in [2.45, 2.75) is 84.3 Å². The molecule has 2 aromatic heterocycles. The summed E-state index contributed by atoms with van der Waals surface area (Å²) in [6.45, 7) is 17.0. The van der Waals surface area contributed by atoms with E-state index in [9.17, 15) is 0 Å². The van der Waals surface area contributed by atoms with Crippen molar-refractivity contribution in [3.8, 4) is 11.1 Å². The van der Waals surface area contributed by atoms with Gasteiger partial charge in [-0.2, -0.15) is 0 Å². The molecule has 3 N–H and O–H groups in total. The van der Waals surface area contributed by atoms with Crippen LogP contribution in [0.25, 0.3) is 60.4 Å². The van der Waals surface area contributed by atoms with Crippen molar-refractivity contribution in [2.75, 3.05) is 5.73 Å². The van der Waals surface area contributed by atoms with Crippen LogP contribution < -0.4 is 11.1 Å². The van der Waals surface area contributed by atoms with Crippen LogP contribution in [0.15, 0.2) is 146 Å². The lowest BCUT2D eigenvalue weighted by molar-refractivity contribution is 0.125. The second kappa shape index (κ2) is 13.1. The standard InChI is InChI=1S/C54H54N4/c1-34(56-51(35-18-10-8-11-19-35)40-23-14-16-24-46(40)55)57-47-25-17-15-22-39(47)41-30-36(26-28-48(41)57)37-27-29-49-42(31-37)43-32-44-45(53(4,5)54(6,7)52(44,2)3)33-50(43)58(49)38-20-12-9-13-21-38/h8-12,14-20,22-34,51,56H,13,21,55H2,1-7H3. The minimum atomic E-state index is -0.0777. The number of allylic oxidation sites excluding steroid dienone is 4. The van der Waals surface area contributed by atoms with E-state index in [0.717, 1.165) is 24.1 Å². The quantitative estimate of drug-likeness (QED) is 0.159. The number of aromatic nitrogens is 2. The molecule has 0 aliphatic heterocycles. The molecule has 0 radical (unpaired) electrons. The molecule has 58 heavy (non-hydrogen) atoms. The molecule has 4 nitrogen and oxygen atoms in total. The molecular formula is C54H54N4. The molecule has 2 aliphatic carbocycles. The lowest BCUT2D eigenvalue weighted by Gasteiger charge is -2.44. The van der Waals surface area contributed by atoms with E-state index in [1.807, 2.05) is 12.1 Å². The fourth-order valence-electron chi connectivity index (χ4n) is 10.5. The molecule has 290 valence electrons. The Morgan fingerprint density at radius 1 is 0.603 bits per heavy atom. The first-order valence-corrected chi connectivity index (χ1v) is 21.1. The van der Waals surface area contributed by atoms with Gasteiger partial charge in [0.15, 0.2) is 0 Å². The highest BCUT2D eigenvalue weighted by atomic mass is 15.2. The fraction of sp³-hybridized carbons (Fsp3) is 0.259. The molecule has 0 fully saturated rings. The summed E-state index contributed by atoms with van der Waals surface area (Å²) in [5.41, 5.74) is 21.6. The number of para-hydroxylation sites is 2. The van der Waals surface area contributed by atoms with Gasteiger partial charge in [0.25, 0.3) is 0 Å². The van der Waals surface area contributed by atoms with Crippen molar-refractivity contribution < 1.29 is 0 Å². The number of hydrogen-bond donors (Lipinski definition) is 2. The minimum absolute atomic E-state index is 0.0267. The molecule has 10 rings (SSSR count). The van der Waals surface area contributed by atoms with Gasteiger partial charge in [-0.25, -0.2) is 0 Å². The monoisotopic (exact) mass is 758 g/mol. The number of rotatable bonds is 7. The van der Waals surface area contributed by atoms with Gasteiger partial charge in [0, 0.05) is 32.9 Å². The van der Waals surface area contributed by atoms with Crippen LogP contribution in [0.2, 0.25) is 0 Å². The lowest BCUT2D eigenvalue weighted by Crippen LogP contribution is -2.42. The van der Waals surface area contributed by atoms with Gasteiger partial charge in [0.2, 0.25) is 0 Å². The molecule has 2 atom stereocenters. The number of anilines is 1. The summed E-state index contributed by atoms with van der Waals surface area (Å²) in [7, 11) is 0. The second-order valence-corrected chi connectivity index (χ2v) is 18.4. The zero-order chi connectivity index (χ0) is 40.1. The third kappa shape index (κ3) is 5.24. The van der Waals surface area contributed by atoms with Gasteiger partial charge < -0.3 is 14.9 Å². The van der Waals surface area contributed by atoms with Crippen LogP contribution in [0, 0.1) is 5.41 Å². The first-order valence-electron chi connectivity index (χ1n) is 21.1. The van der Waals surface area contributed by atoms with E-state index in [1.54, 1.807) is 0 Å². The zero-order valence-corrected chi connectivity index (χ0v) is 34.9. The van der Waals surface area contributed by atoms with E-state index >= 15 is 0 Å². The highest BCUT2D eigenvalue weighted by Gasteiger charge is 2.57. The maximum atomic E-state index is 6.61. The Bertz CT molecular complexity index is 2980. The van der Waals surface area contributed by atoms with Crippen LogP contribution >= 0.6 is 0 Å². The average Bonchev–Trinajstić information content (AvgIpc) is 3.77. The highest BCUT2D eigenvalue weighted by molar-refractivity contribution is 6.13. The van der Waals surface area contributed by atoms with Crippen LogP contribution in [0.3, 0.4) is 0 Å². The molecule has 2 aliphatic rings. The summed E-state index contributed by atoms with van der Waals surface area (Å²) in [6.07, 6.45) is 8.90. The van der Waals surface area contributed by atoms with E-state index in [2.05, 4.69) is 196 Å². The highest BCUT2D eigenvalue weighted by Crippen LogP contribution is 2.62. The average molecular weight is 759 g/mol. The first kappa shape index (κ1) is 36.5. The zero-order valence-electron chi connectivity index (χ0n) is 34.9. The van der Waals surface area contributed by atoms with E-state index in [1.165, 1.54) is 77.1 Å². The van der Waals surface area contributed by atoms with Crippen molar-refractivity contribution in [1.29, 1.82) is 0 Å². The third-order valence-electron chi connectivity index (χ3n) is 14.9. The van der Waals surface area contributed by atoms with Gasteiger partial charge in [0.1, 0.15) is 0 Å². The Morgan fingerprint density at radius 3 is 1.91 bits per heavy atom. The molecule has 2 unspecified atom stereocenters. The van der Waals surface area contributed by atoms with E-state index < -0.39 is 0 Å². The van der Waals surface area contributed by atoms with Gasteiger partial charge in [-0.1, -0.05) is 133 Å². The number of nitrogen functional groups attached to an aromatic ring is 1. The predicted octanol–water partition coefficient (Wildman–Crippen LogP) is 13.8. The van der Waals surface area contributed by atoms with E-state index in [-0.39, 0.29) is 28.5 Å². The molecule has 0 saturated carbocycles. The molecule has 4 heteroatoms. The third-order valence-corrected chi connectivity index (χ3v) is 14.9. The lowest BCUT2D eigenvalue weighted by atomic mass is 9.59. The first-order chi connectivity index (χ1) is 27.9. The smallest absolute Gasteiger partial charge is 0.0824 e. The molecule has 0 saturated heterocycles. The van der Waals surface area contributed by atoms with Crippen molar-refractivity contribution in [2.24, 2.45) is 5.41 Å². The number of fused-ring (bicyclic) bond motifs is 7. The van der Waals surface area contributed by atoms with Crippen molar-refractivity contribution in [3.63, 3.8) is 0 Å². The molecule has 2 heterocycles. The molecule has 8 aromatic rings. The maximum Gasteiger partial charge on any atom is 0.0824 e. The Labute approximate surface area is 342 Å². The normalized spacial score (nSPS) is 17.9. The summed E-state index contributed by atoms with van der Waals surface area (Å²) >= 11 is 0. The van der Waals surface area contributed by atoms with E-state index in [0.29, 0.717) is 0 Å². The molecular weight excluding hydrogens is 705 g/mol. The van der Waals surface area contributed by atoms with Gasteiger partial charge in [-0.05, 0) is 124 Å². The summed E-state index contributed by atoms with van der Waals surface area (Å²) in [5.74, 6) is 0. The number of nitrogens with one attached hydrogen (secondary N) is 1. The number of benzene rings is 6. The predicted molar refractivity (Wildman–Crippen MR) is 247 cm³/mol. The van der Waals surface area contributed by atoms with Crippen LogP contribution in [0.1, 0.15) is 95.8 Å². The van der Waals surface area contributed by atoms with Gasteiger partial charge in [-0.15, -0.1) is 0 Å². The number of hydrogen-bond acceptors (Lipinski definition) is 2. The second-order valence-electron chi connectivity index (χ2n) is 18.4. The van der Waals surface area contributed by atoms with Crippen LogP contribution in [0.4, 0.5) is 5.69 Å². The van der Waals surface area contributed by atoms with Crippen molar-refractivity contribution in [1.82, 2.24) is 14.5 Å². The summed E-state index contributed by atoms with van der Waals surface area (Å²) in [5, 5.41) is 9.16. The van der Waals surface area contributed by atoms with Gasteiger partial charge >= 0.3 is 0 Å². The maximum absolute atomic E-state index is 6.61. The molecule has 0 spiro atoms. The Balaban J connectivity index is 1.12. The topological polar surface area (TPSA) is 47.9 Å². The van der Waals surface area contributed by atoms with Crippen molar-refractivity contribution >= 4 is 55.0 Å². The Hall–Kier alpha value is -5.84. The van der Waals surface area contributed by atoms with Crippen LogP contribution in [-0.2, 0) is 10.8 Å². The SMILES string of the molecule is CC(NC(c1ccccc1)c1ccccc1N)n1c2ccccc2c2cc(-c3ccc4c(c3)c3cc5c(cc3n4C3=CC=CCC3)C(C)(C)C(C)(C)C5(C)C)ccc21. The number of nitrogens with two attached hydrogens (primary N) is 1. The van der Waals surface area contributed by atoms with Gasteiger partial charge in [0.05, 0.1) is 34.3 Å². The van der Waals surface area contributed by atoms with E-state index in [4.69, 9.17) is 5.73 Å². The van der Waals surface area contributed by atoms with Crippen molar-refractivity contribution in [3.05, 3.63) is 168 Å².